The number of hydrogen-bond donors (Lipinski definition) is 2. The Kier molecular flexibility index (Phi) is 6.97. The van der Waals surface area contributed by atoms with Crippen molar-refractivity contribution in [2.45, 2.75) is 25.7 Å². The van der Waals surface area contributed by atoms with Crippen molar-refractivity contribution < 1.29 is 9.53 Å². The molecule has 1 rings (SSSR count). The summed E-state index contributed by atoms with van der Waals surface area (Å²) in [6, 6.07) is 7.85. The lowest BCUT2D eigenvalue weighted by molar-refractivity contribution is -0.121. The van der Waals surface area contributed by atoms with Gasteiger partial charge in [0, 0.05) is 13.0 Å². The van der Waals surface area contributed by atoms with Gasteiger partial charge >= 0.3 is 0 Å². The van der Waals surface area contributed by atoms with Gasteiger partial charge in [0.25, 0.3) is 0 Å². The molecule has 1 atom stereocenters. The third kappa shape index (κ3) is 5.30. The molecule has 106 valence electrons. The number of hydrogen-bond acceptors (Lipinski definition) is 3. The second-order valence-electron chi connectivity index (χ2n) is 4.65. The van der Waals surface area contributed by atoms with Gasteiger partial charge < -0.3 is 15.4 Å². The molecule has 0 heterocycles. The molecule has 0 aliphatic heterocycles. The summed E-state index contributed by atoms with van der Waals surface area (Å²) in [5.74, 6) is 1.09. The van der Waals surface area contributed by atoms with Crippen LogP contribution in [0.2, 0.25) is 0 Å². The minimum Gasteiger partial charge on any atom is -0.496 e. The molecule has 0 bridgehead atoms. The maximum absolute atomic E-state index is 11.8. The molecule has 1 aromatic carbocycles. The van der Waals surface area contributed by atoms with Crippen LogP contribution >= 0.6 is 0 Å². The van der Waals surface area contributed by atoms with Crippen molar-refractivity contribution >= 4 is 5.91 Å². The van der Waals surface area contributed by atoms with Gasteiger partial charge in [-0.15, -0.1) is 0 Å². The molecule has 0 fully saturated rings. The van der Waals surface area contributed by atoms with E-state index in [2.05, 4.69) is 10.6 Å². The summed E-state index contributed by atoms with van der Waals surface area (Å²) >= 11 is 0. The van der Waals surface area contributed by atoms with Gasteiger partial charge in [-0.3, -0.25) is 4.79 Å². The smallest absolute Gasteiger partial charge is 0.220 e. The van der Waals surface area contributed by atoms with Crippen LogP contribution in [-0.4, -0.2) is 33.2 Å². The largest absolute Gasteiger partial charge is 0.496 e. The predicted octanol–water partition coefficient (Wildman–Crippen LogP) is 1.91. The molecule has 1 unspecified atom stereocenters. The van der Waals surface area contributed by atoms with Gasteiger partial charge in [-0.1, -0.05) is 25.1 Å². The Hall–Kier alpha value is -1.55. The Morgan fingerprint density at radius 3 is 2.74 bits per heavy atom. The van der Waals surface area contributed by atoms with Crippen LogP contribution in [0.3, 0.4) is 0 Å². The average molecular weight is 264 g/mol. The van der Waals surface area contributed by atoms with E-state index in [0.29, 0.717) is 6.42 Å². The van der Waals surface area contributed by atoms with Gasteiger partial charge in [0.15, 0.2) is 0 Å². The summed E-state index contributed by atoms with van der Waals surface area (Å²) in [4.78, 5) is 11.8. The third-order valence-corrected chi connectivity index (χ3v) is 3.09. The van der Waals surface area contributed by atoms with E-state index >= 15 is 0 Å². The molecule has 0 saturated carbocycles. The normalized spacial score (nSPS) is 11.9. The minimum atomic E-state index is 0.0921. The average Bonchev–Trinajstić information content (AvgIpc) is 2.43. The van der Waals surface area contributed by atoms with Gasteiger partial charge in [-0.25, -0.2) is 0 Å². The van der Waals surface area contributed by atoms with Crippen molar-refractivity contribution in [3.63, 3.8) is 0 Å². The van der Waals surface area contributed by atoms with E-state index in [-0.39, 0.29) is 11.8 Å². The highest BCUT2D eigenvalue weighted by molar-refractivity contribution is 5.76. The Morgan fingerprint density at radius 2 is 2.05 bits per heavy atom. The quantitative estimate of drug-likeness (QED) is 0.705. The van der Waals surface area contributed by atoms with E-state index in [0.717, 1.165) is 30.8 Å². The number of amides is 1. The first-order valence-corrected chi connectivity index (χ1v) is 6.73. The number of methoxy groups -OCH3 is 1. The molecular weight excluding hydrogens is 240 g/mol. The lowest BCUT2D eigenvalue weighted by Crippen LogP contribution is -2.27. The van der Waals surface area contributed by atoms with Gasteiger partial charge in [0.1, 0.15) is 5.75 Å². The summed E-state index contributed by atoms with van der Waals surface area (Å²) < 4.78 is 5.32. The van der Waals surface area contributed by atoms with Gasteiger partial charge in [0.05, 0.1) is 7.11 Å². The van der Waals surface area contributed by atoms with Crippen molar-refractivity contribution in [2.24, 2.45) is 0 Å². The second-order valence-corrected chi connectivity index (χ2v) is 4.65. The maximum atomic E-state index is 11.8. The van der Waals surface area contributed by atoms with Crippen LogP contribution in [-0.2, 0) is 4.79 Å². The highest BCUT2D eigenvalue weighted by atomic mass is 16.5. The van der Waals surface area contributed by atoms with E-state index in [4.69, 9.17) is 4.74 Å². The van der Waals surface area contributed by atoms with Crippen LogP contribution in [0.5, 0.6) is 5.75 Å². The van der Waals surface area contributed by atoms with E-state index < -0.39 is 0 Å². The fraction of sp³-hybridized carbons (Fsp3) is 0.533. The molecule has 2 N–H and O–H groups in total. The van der Waals surface area contributed by atoms with E-state index in [1.807, 2.05) is 38.2 Å². The molecule has 0 saturated heterocycles. The first kappa shape index (κ1) is 15.5. The lowest BCUT2D eigenvalue weighted by Gasteiger charge is -2.15. The van der Waals surface area contributed by atoms with Crippen LogP contribution in [0.25, 0.3) is 0 Å². The van der Waals surface area contributed by atoms with Crippen LogP contribution in [0.1, 0.15) is 31.2 Å². The van der Waals surface area contributed by atoms with Gasteiger partial charge in [-0.05, 0) is 37.6 Å². The first-order valence-electron chi connectivity index (χ1n) is 6.73. The number of benzene rings is 1. The highest BCUT2D eigenvalue weighted by Gasteiger charge is 2.14. The Balaban J connectivity index is 2.45. The highest BCUT2D eigenvalue weighted by Crippen LogP contribution is 2.28. The van der Waals surface area contributed by atoms with Crippen molar-refractivity contribution in [1.29, 1.82) is 0 Å². The first-order chi connectivity index (χ1) is 9.19. The summed E-state index contributed by atoms with van der Waals surface area (Å²) in [5.41, 5.74) is 1.08. The zero-order valence-corrected chi connectivity index (χ0v) is 12.0. The van der Waals surface area contributed by atoms with Gasteiger partial charge in [-0.2, -0.15) is 0 Å². The fourth-order valence-corrected chi connectivity index (χ4v) is 2.03. The number of nitrogens with one attached hydrogen (secondary N) is 2. The van der Waals surface area contributed by atoms with Crippen LogP contribution in [0, 0.1) is 0 Å². The number of carbonyl (C=O) groups is 1. The summed E-state index contributed by atoms with van der Waals surface area (Å²) in [6.45, 7) is 3.69. The second kappa shape index (κ2) is 8.53. The Bertz CT molecular complexity index is 393. The number of para-hydroxylation sites is 1. The summed E-state index contributed by atoms with van der Waals surface area (Å²) in [5, 5.41) is 5.99. The molecule has 4 nitrogen and oxygen atoms in total. The fourth-order valence-electron chi connectivity index (χ4n) is 2.03. The lowest BCUT2D eigenvalue weighted by atomic mass is 9.96. The molecule has 0 aliphatic carbocycles. The van der Waals surface area contributed by atoms with E-state index in [1.165, 1.54) is 0 Å². The zero-order chi connectivity index (χ0) is 14.1. The summed E-state index contributed by atoms with van der Waals surface area (Å²) in [7, 11) is 3.56. The number of carbonyl (C=O) groups excluding carboxylic acids is 1. The third-order valence-electron chi connectivity index (χ3n) is 3.09. The molecule has 0 spiro atoms. The Morgan fingerprint density at radius 1 is 1.32 bits per heavy atom. The molecule has 19 heavy (non-hydrogen) atoms. The number of rotatable bonds is 8. The van der Waals surface area contributed by atoms with Gasteiger partial charge in [0.2, 0.25) is 5.91 Å². The zero-order valence-electron chi connectivity index (χ0n) is 12.0. The molecule has 0 aromatic heterocycles. The van der Waals surface area contributed by atoms with Crippen LogP contribution < -0.4 is 15.4 Å². The van der Waals surface area contributed by atoms with Crippen molar-refractivity contribution in [3.05, 3.63) is 29.8 Å². The predicted molar refractivity (Wildman–Crippen MR) is 77.6 cm³/mol. The standard InChI is InChI=1S/C15H24N2O2/c1-12(11-15(18)17-10-6-9-16-2)13-7-4-5-8-14(13)19-3/h4-5,7-8,12,16H,6,9-11H2,1-3H3,(H,17,18). The van der Waals surface area contributed by atoms with Crippen molar-refractivity contribution in [2.75, 3.05) is 27.2 Å². The topological polar surface area (TPSA) is 50.4 Å². The maximum Gasteiger partial charge on any atom is 0.220 e. The van der Waals surface area contributed by atoms with Crippen LogP contribution in [0.15, 0.2) is 24.3 Å². The van der Waals surface area contributed by atoms with Crippen molar-refractivity contribution in [1.82, 2.24) is 10.6 Å². The monoisotopic (exact) mass is 264 g/mol. The SMILES string of the molecule is CNCCCNC(=O)CC(C)c1ccccc1OC. The Labute approximate surface area is 115 Å². The van der Waals surface area contributed by atoms with Crippen molar-refractivity contribution in [3.8, 4) is 5.75 Å². The number of ether oxygens (including phenoxy) is 1. The van der Waals surface area contributed by atoms with Crippen LogP contribution in [0.4, 0.5) is 0 Å². The molecule has 1 aromatic rings. The molecule has 4 heteroatoms. The minimum absolute atomic E-state index is 0.0921. The summed E-state index contributed by atoms with van der Waals surface area (Å²) in [6.07, 6.45) is 1.44. The van der Waals surface area contributed by atoms with E-state index in [1.54, 1.807) is 7.11 Å². The molecule has 0 aliphatic rings. The molecule has 0 radical (unpaired) electrons. The molecular formula is C15H24N2O2. The van der Waals surface area contributed by atoms with E-state index in [9.17, 15) is 4.79 Å². The molecule has 1 amide bonds.